The monoisotopic (exact) mass is 762 g/mol. The number of benzene rings is 1. The van der Waals surface area contributed by atoms with Crippen LogP contribution in [0.1, 0.15) is 122 Å². The maximum Gasteiger partial charge on any atom is 0.407 e. The summed E-state index contributed by atoms with van der Waals surface area (Å²) in [7, 11) is -3.31. The fourth-order valence-corrected chi connectivity index (χ4v) is 7.25. The number of hydrogen-bond donors (Lipinski definition) is 2. The summed E-state index contributed by atoms with van der Waals surface area (Å²) in [4.78, 5) is 22.2. The zero-order valence-electron chi connectivity index (χ0n) is 31.2. The number of unbranched alkanes of at least 4 members (excludes halogenated alkanes) is 16. The molecule has 51 heavy (non-hydrogen) atoms. The maximum absolute atomic E-state index is 13.1. The van der Waals surface area contributed by atoms with Gasteiger partial charge in [0.2, 0.25) is 0 Å². The van der Waals surface area contributed by atoms with E-state index in [0.717, 1.165) is 76.6 Å². The summed E-state index contributed by atoms with van der Waals surface area (Å²) in [6.45, 7) is 6.18. The minimum atomic E-state index is -3.31. The van der Waals surface area contributed by atoms with E-state index in [2.05, 4.69) is 17.9 Å². The number of ether oxygens (including phenoxy) is 4. The molecule has 1 rings (SSSR count). The van der Waals surface area contributed by atoms with Crippen LogP contribution in [0.25, 0.3) is 0 Å². The van der Waals surface area contributed by atoms with Gasteiger partial charge in [-0.25, -0.2) is 9.36 Å². The summed E-state index contributed by atoms with van der Waals surface area (Å²) >= 11 is 4.25. The number of hydrogen-bond acceptors (Lipinski definition) is 11. The van der Waals surface area contributed by atoms with Gasteiger partial charge in [-0.2, -0.15) is 12.6 Å². The number of thiol groups is 1. The molecule has 0 aromatic heterocycles. The van der Waals surface area contributed by atoms with Gasteiger partial charge in [0.25, 0.3) is 5.69 Å². The molecule has 1 aromatic carbocycles. The number of carbonyl (C=O) groups is 1. The van der Waals surface area contributed by atoms with Crippen LogP contribution in [-0.4, -0.2) is 82.3 Å². The van der Waals surface area contributed by atoms with E-state index < -0.39 is 18.6 Å². The van der Waals surface area contributed by atoms with Crippen LogP contribution in [0.15, 0.2) is 24.3 Å². The molecule has 0 saturated carbocycles. The van der Waals surface area contributed by atoms with E-state index in [1.807, 2.05) is 0 Å². The number of amides is 1. The smallest absolute Gasteiger partial charge is 0.407 e. The SMILES string of the molecule is CCOP(=O)(CCCCCCCCCCCOC(=O)NCCOCCOCCOCCCCCCCCCCCS)Oc1ccc([N+](=O)[O-])cc1. The van der Waals surface area contributed by atoms with Crippen LogP contribution < -0.4 is 9.84 Å². The quantitative estimate of drug-likeness (QED) is 0.0221. The lowest BCUT2D eigenvalue weighted by molar-refractivity contribution is -0.384. The number of non-ortho nitro benzene ring substituents is 1. The number of alkyl carbamates (subject to hydrolysis) is 1. The first-order chi connectivity index (χ1) is 24.9. The Morgan fingerprint density at radius 3 is 1.69 bits per heavy atom. The molecule has 1 unspecified atom stereocenters. The van der Waals surface area contributed by atoms with Crippen LogP contribution in [0.3, 0.4) is 0 Å². The third-order valence-electron chi connectivity index (χ3n) is 8.13. The van der Waals surface area contributed by atoms with Gasteiger partial charge in [0.15, 0.2) is 0 Å². The van der Waals surface area contributed by atoms with E-state index in [9.17, 15) is 19.5 Å². The molecule has 296 valence electrons. The van der Waals surface area contributed by atoms with Crippen LogP contribution in [0.4, 0.5) is 10.5 Å². The van der Waals surface area contributed by atoms with Crippen molar-refractivity contribution in [1.82, 2.24) is 5.32 Å². The van der Waals surface area contributed by atoms with E-state index >= 15 is 0 Å². The molecule has 12 nitrogen and oxygen atoms in total. The van der Waals surface area contributed by atoms with Crippen molar-refractivity contribution < 1.29 is 42.3 Å². The highest BCUT2D eigenvalue weighted by atomic mass is 32.1. The molecule has 0 aliphatic heterocycles. The van der Waals surface area contributed by atoms with Crippen LogP contribution in [0, 0.1) is 10.1 Å². The summed E-state index contributed by atoms with van der Waals surface area (Å²) in [5, 5.41) is 13.5. The molecule has 0 fully saturated rings. The van der Waals surface area contributed by atoms with Crippen molar-refractivity contribution in [3.8, 4) is 5.75 Å². The first-order valence-corrected chi connectivity index (χ1v) is 21.7. The molecule has 0 bridgehead atoms. The van der Waals surface area contributed by atoms with Crippen LogP contribution in [0.2, 0.25) is 0 Å². The Kier molecular flexibility index (Phi) is 31.3. The van der Waals surface area contributed by atoms with Gasteiger partial charge in [0.1, 0.15) is 5.75 Å². The highest BCUT2D eigenvalue weighted by molar-refractivity contribution is 7.80. The van der Waals surface area contributed by atoms with Crippen LogP contribution in [0.5, 0.6) is 5.75 Å². The number of nitrogens with zero attached hydrogens (tertiary/aromatic N) is 1. The Labute approximate surface area is 312 Å². The molecule has 1 atom stereocenters. The van der Waals surface area contributed by atoms with Crippen molar-refractivity contribution in [2.45, 2.75) is 122 Å². The van der Waals surface area contributed by atoms with E-state index in [1.54, 1.807) is 6.92 Å². The maximum atomic E-state index is 13.1. The predicted octanol–water partition coefficient (Wildman–Crippen LogP) is 9.93. The number of nitrogens with one attached hydrogen (secondary N) is 1. The van der Waals surface area contributed by atoms with E-state index in [4.69, 9.17) is 28.0 Å². The first kappa shape index (κ1) is 47.1. The molecule has 0 heterocycles. The largest absolute Gasteiger partial charge is 0.450 e. The topological polar surface area (TPSA) is 145 Å². The average molecular weight is 763 g/mol. The van der Waals surface area contributed by atoms with Crippen molar-refractivity contribution in [2.75, 3.05) is 71.3 Å². The third kappa shape index (κ3) is 29.3. The second-order valence-electron chi connectivity index (χ2n) is 12.6. The number of carbonyl (C=O) groups excluding carboxylic acids is 1. The molecule has 0 radical (unpaired) electrons. The van der Waals surface area contributed by atoms with Gasteiger partial charge >= 0.3 is 13.7 Å². The van der Waals surface area contributed by atoms with Gasteiger partial charge in [-0.3, -0.25) is 10.1 Å². The molecule has 1 amide bonds. The highest BCUT2D eigenvalue weighted by Gasteiger charge is 2.25. The van der Waals surface area contributed by atoms with E-state index in [-0.39, 0.29) is 12.3 Å². The molecular weight excluding hydrogens is 695 g/mol. The molecular formula is C37H67N2O10PS. The number of nitro benzene ring substituents is 1. The van der Waals surface area contributed by atoms with Crippen molar-refractivity contribution in [3.63, 3.8) is 0 Å². The summed E-state index contributed by atoms with van der Waals surface area (Å²) in [6.07, 6.45) is 20.4. The average Bonchev–Trinajstić information content (AvgIpc) is 3.11. The predicted molar refractivity (Wildman–Crippen MR) is 207 cm³/mol. The van der Waals surface area contributed by atoms with Crippen molar-refractivity contribution in [2.24, 2.45) is 0 Å². The summed E-state index contributed by atoms with van der Waals surface area (Å²) < 4.78 is 46.0. The lowest BCUT2D eigenvalue weighted by Crippen LogP contribution is -2.28. The second kappa shape index (κ2) is 33.9. The van der Waals surface area contributed by atoms with Gasteiger partial charge in [-0.1, -0.05) is 89.9 Å². The molecule has 0 aliphatic rings. The van der Waals surface area contributed by atoms with Gasteiger partial charge in [-0.15, -0.1) is 0 Å². The summed E-state index contributed by atoms with van der Waals surface area (Å²) in [6, 6.07) is 5.53. The van der Waals surface area contributed by atoms with Gasteiger partial charge in [0, 0.05) is 25.3 Å². The Bertz CT molecular complexity index is 1020. The molecule has 14 heteroatoms. The Morgan fingerprint density at radius 2 is 1.16 bits per heavy atom. The zero-order chi connectivity index (χ0) is 37.1. The second-order valence-corrected chi connectivity index (χ2v) is 15.1. The van der Waals surface area contributed by atoms with Gasteiger partial charge in [0.05, 0.1) is 57.3 Å². The Balaban J connectivity index is 1.83. The normalized spacial score (nSPS) is 12.4. The zero-order valence-corrected chi connectivity index (χ0v) is 33.0. The van der Waals surface area contributed by atoms with E-state index in [1.165, 1.54) is 75.6 Å². The molecule has 1 N–H and O–H groups in total. The molecule has 0 spiro atoms. The Morgan fingerprint density at radius 1 is 0.686 bits per heavy atom. The van der Waals surface area contributed by atoms with Gasteiger partial charge in [-0.05, 0) is 50.5 Å². The van der Waals surface area contributed by atoms with Crippen molar-refractivity contribution >= 4 is 32.0 Å². The minimum Gasteiger partial charge on any atom is -0.450 e. The van der Waals surface area contributed by atoms with Crippen LogP contribution >= 0.6 is 20.2 Å². The fraction of sp³-hybridized carbons (Fsp3) is 0.811. The summed E-state index contributed by atoms with van der Waals surface area (Å²) in [5.74, 6) is 1.31. The first-order valence-electron chi connectivity index (χ1n) is 19.3. The van der Waals surface area contributed by atoms with Crippen molar-refractivity contribution in [3.05, 3.63) is 34.4 Å². The fourth-order valence-electron chi connectivity index (χ4n) is 5.30. The van der Waals surface area contributed by atoms with E-state index in [0.29, 0.717) is 58.1 Å². The van der Waals surface area contributed by atoms with Gasteiger partial charge < -0.3 is 33.3 Å². The Hall–Kier alpha value is -1.89. The molecule has 0 saturated heterocycles. The third-order valence-corrected chi connectivity index (χ3v) is 10.5. The minimum absolute atomic E-state index is 0.0508. The highest BCUT2D eigenvalue weighted by Crippen LogP contribution is 2.49. The lowest BCUT2D eigenvalue weighted by Gasteiger charge is -2.18. The van der Waals surface area contributed by atoms with Crippen molar-refractivity contribution in [1.29, 1.82) is 0 Å². The molecule has 0 aliphatic carbocycles. The lowest BCUT2D eigenvalue weighted by atomic mass is 10.1. The summed E-state index contributed by atoms with van der Waals surface area (Å²) in [5.41, 5.74) is -0.0508. The standard InChI is InChI=1S/C37H67N2O10PS/c1-2-48-50(43,49-36-23-21-35(22-24-36)39(41)42)33-19-15-11-7-3-6-10-14-18-27-47-37(40)38-25-28-45-30-32-46-31-29-44-26-17-13-9-5-4-8-12-16-20-34-51/h21-24,51H,2-20,25-34H2,1H3,(H,38,40). The molecule has 1 aromatic rings. The number of nitro groups is 1. The van der Waals surface area contributed by atoms with Crippen LogP contribution in [-0.2, 0) is 28.0 Å². The number of rotatable bonds is 37.